The minimum Gasteiger partial charge on any atom is -0.467 e. The number of esters is 1. The number of rotatable bonds is 8. The molecule has 4 fully saturated rings. The van der Waals surface area contributed by atoms with Crippen molar-refractivity contribution in [3.8, 4) is 0 Å². The van der Waals surface area contributed by atoms with E-state index in [0.29, 0.717) is 6.42 Å². The van der Waals surface area contributed by atoms with E-state index in [1.54, 1.807) is 11.8 Å². The first-order valence-corrected chi connectivity index (χ1v) is 11.0. The van der Waals surface area contributed by atoms with Crippen molar-refractivity contribution in [2.45, 2.75) is 62.9 Å². The fourth-order valence-corrected chi connectivity index (χ4v) is 6.09. The molecule has 0 unspecified atom stereocenters. The molecular formula is C19H30N2O4S. The third-order valence-corrected chi connectivity index (χ3v) is 6.84. The highest BCUT2D eigenvalue weighted by molar-refractivity contribution is 7.98. The van der Waals surface area contributed by atoms with Crippen molar-refractivity contribution >= 4 is 29.5 Å². The molecule has 0 aliphatic heterocycles. The second-order valence-corrected chi connectivity index (χ2v) is 9.33. The van der Waals surface area contributed by atoms with Gasteiger partial charge in [-0.05, 0) is 74.7 Å². The lowest BCUT2D eigenvalue weighted by atomic mass is 9.53. The number of nitrogens with one attached hydrogen (secondary N) is 2. The number of thioether (sulfide) groups is 1. The molecule has 4 aliphatic rings. The van der Waals surface area contributed by atoms with Crippen LogP contribution in [0.5, 0.6) is 0 Å². The minimum absolute atomic E-state index is 0.0906. The van der Waals surface area contributed by atoms with E-state index in [9.17, 15) is 14.4 Å². The average Bonchev–Trinajstić information content (AvgIpc) is 2.55. The molecule has 4 rings (SSSR count). The number of ether oxygens (including phenoxy) is 1. The van der Waals surface area contributed by atoms with Crippen LogP contribution in [0, 0.1) is 17.8 Å². The van der Waals surface area contributed by atoms with E-state index in [-0.39, 0.29) is 17.9 Å². The molecule has 4 saturated carbocycles. The summed E-state index contributed by atoms with van der Waals surface area (Å²) in [4.78, 5) is 36.5. The van der Waals surface area contributed by atoms with Crippen molar-refractivity contribution in [3.63, 3.8) is 0 Å². The Morgan fingerprint density at radius 1 is 1.08 bits per heavy atom. The summed E-state index contributed by atoms with van der Waals surface area (Å²) in [7, 11) is 1.31. The maximum atomic E-state index is 12.5. The van der Waals surface area contributed by atoms with Gasteiger partial charge < -0.3 is 15.4 Å². The maximum Gasteiger partial charge on any atom is 0.328 e. The van der Waals surface area contributed by atoms with E-state index in [1.165, 1.54) is 26.4 Å². The zero-order chi connectivity index (χ0) is 18.7. The van der Waals surface area contributed by atoms with Crippen LogP contribution < -0.4 is 10.6 Å². The van der Waals surface area contributed by atoms with Gasteiger partial charge in [0.05, 0.1) is 7.11 Å². The van der Waals surface area contributed by atoms with Crippen LogP contribution in [0.3, 0.4) is 0 Å². The number of methoxy groups -OCH3 is 1. The molecule has 2 amide bonds. The highest BCUT2D eigenvalue weighted by Gasteiger charge is 2.51. The predicted molar refractivity (Wildman–Crippen MR) is 101 cm³/mol. The lowest BCUT2D eigenvalue weighted by molar-refractivity contribution is -0.146. The smallest absolute Gasteiger partial charge is 0.328 e. The van der Waals surface area contributed by atoms with Crippen molar-refractivity contribution in [2.75, 3.05) is 19.1 Å². The molecule has 0 radical (unpaired) electrons. The molecule has 0 aromatic carbocycles. The molecule has 1 atom stereocenters. The van der Waals surface area contributed by atoms with Crippen molar-refractivity contribution < 1.29 is 19.1 Å². The number of hydrogen-bond acceptors (Lipinski definition) is 5. The Morgan fingerprint density at radius 3 is 2.15 bits per heavy atom. The van der Waals surface area contributed by atoms with Gasteiger partial charge in [-0.2, -0.15) is 11.8 Å². The van der Waals surface area contributed by atoms with E-state index in [0.717, 1.165) is 42.8 Å². The van der Waals surface area contributed by atoms with E-state index >= 15 is 0 Å². The third-order valence-electron chi connectivity index (χ3n) is 6.20. The number of amides is 2. The highest BCUT2D eigenvalue weighted by Crippen LogP contribution is 2.55. The molecule has 4 aliphatic carbocycles. The Labute approximate surface area is 159 Å². The molecule has 2 N–H and O–H groups in total. The van der Waals surface area contributed by atoms with Crippen LogP contribution in [-0.4, -0.2) is 48.5 Å². The Kier molecular flexibility index (Phi) is 6.15. The van der Waals surface area contributed by atoms with Crippen LogP contribution in [0.2, 0.25) is 0 Å². The quantitative estimate of drug-likeness (QED) is 0.495. The standard InChI is InChI=1S/C19H30N2O4S/c1-25-18(24)15(3-4-26-2)20-16(22)8-17(23)21-19-9-12-5-13(10-19)7-14(6-12)11-19/h12-15H,3-11H2,1-2H3,(H,20,22)(H,21,23)/t12?,13?,14?,15-,19?/m0/s1. The Hall–Kier alpha value is -1.24. The monoisotopic (exact) mass is 382 g/mol. The van der Waals surface area contributed by atoms with Crippen molar-refractivity contribution in [1.29, 1.82) is 0 Å². The van der Waals surface area contributed by atoms with Crippen LogP contribution in [0.1, 0.15) is 51.4 Å². The van der Waals surface area contributed by atoms with Gasteiger partial charge in [-0.1, -0.05) is 0 Å². The highest BCUT2D eigenvalue weighted by atomic mass is 32.2. The molecule has 0 aromatic heterocycles. The third kappa shape index (κ3) is 4.53. The van der Waals surface area contributed by atoms with Gasteiger partial charge in [-0.25, -0.2) is 4.79 Å². The predicted octanol–water partition coefficient (Wildman–Crippen LogP) is 1.87. The lowest BCUT2D eigenvalue weighted by Gasteiger charge is -2.56. The van der Waals surface area contributed by atoms with Crippen molar-refractivity contribution in [2.24, 2.45) is 17.8 Å². The van der Waals surface area contributed by atoms with E-state index in [2.05, 4.69) is 10.6 Å². The normalized spacial score (nSPS) is 32.8. The van der Waals surface area contributed by atoms with Crippen LogP contribution in [0.25, 0.3) is 0 Å². The van der Waals surface area contributed by atoms with Gasteiger partial charge >= 0.3 is 5.97 Å². The zero-order valence-corrected chi connectivity index (χ0v) is 16.5. The Balaban J connectivity index is 1.51. The second kappa shape index (κ2) is 8.19. The van der Waals surface area contributed by atoms with Gasteiger partial charge in [-0.15, -0.1) is 0 Å². The number of carbonyl (C=O) groups is 3. The van der Waals surface area contributed by atoms with Crippen LogP contribution in [-0.2, 0) is 19.1 Å². The molecule has 0 spiro atoms. The lowest BCUT2D eigenvalue weighted by Crippen LogP contribution is -2.60. The summed E-state index contributed by atoms with van der Waals surface area (Å²) < 4.78 is 4.74. The Morgan fingerprint density at radius 2 is 1.65 bits per heavy atom. The van der Waals surface area contributed by atoms with Gasteiger partial charge in [0.1, 0.15) is 12.5 Å². The van der Waals surface area contributed by atoms with Gasteiger partial charge in [0.2, 0.25) is 11.8 Å². The van der Waals surface area contributed by atoms with E-state index < -0.39 is 17.9 Å². The number of carbonyl (C=O) groups excluding carboxylic acids is 3. The summed E-state index contributed by atoms with van der Waals surface area (Å²) in [5.74, 6) is 1.86. The maximum absolute atomic E-state index is 12.5. The van der Waals surface area contributed by atoms with Crippen molar-refractivity contribution in [1.82, 2.24) is 10.6 Å². The average molecular weight is 383 g/mol. The van der Waals surface area contributed by atoms with E-state index in [1.807, 2.05) is 6.26 Å². The van der Waals surface area contributed by atoms with Crippen LogP contribution >= 0.6 is 11.8 Å². The van der Waals surface area contributed by atoms with Crippen LogP contribution in [0.15, 0.2) is 0 Å². The molecule has 26 heavy (non-hydrogen) atoms. The summed E-state index contributed by atoms with van der Waals surface area (Å²) in [6.45, 7) is 0. The molecule has 6 nitrogen and oxygen atoms in total. The second-order valence-electron chi connectivity index (χ2n) is 8.35. The van der Waals surface area contributed by atoms with Crippen LogP contribution in [0.4, 0.5) is 0 Å². The summed E-state index contributed by atoms with van der Waals surface area (Å²) in [6, 6.07) is -0.688. The van der Waals surface area contributed by atoms with Gasteiger partial charge in [0.15, 0.2) is 0 Å². The molecular weight excluding hydrogens is 352 g/mol. The topological polar surface area (TPSA) is 84.5 Å². The van der Waals surface area contributed by atoms with Crippen molar-refractivity contribution in [3.05, 3.63) is 0 Å². The SMILES string of the molecule is COC(=O)[C@H](CCSC)NC(=O)CC(=O)NC12CC3CC(CC(C3)C1)C2. The Bertz CT molecular complexity index is 530. The summed E-state index contributed by atoms with van der Waals surface area (Å²) >= 11 is 1.60. The molecule has 0 aromatic rings. The first-order chi connectivity index (χ1) is 12.4. The van der Waals surface area contributed by atoms with E-state index in [4.69, 9.17) is 4.74 Å². The zero-order valence-electron chi connectivity index (χ0n) is 15.7. The van der Waals surface area contributed by atoms with Gasteiger partial charge in [-0.3, -0.25) is 9.59 Å². The summed E-state index contributed by atoms with van der Waals surface area (Å²) in [5, 5.41) is 5.85. The largest absolute Gasteiger partial charge is 0.467 e. The first kappa shape index (κ1) is 19.5. The first-order valence-electron chi connectivity index (χ1n) is 9.60. The van der Waals surface area contributed by atoms with Gasteiger partial charge in [0.25, 0.3) is 0 Å². The summed E-state index contributed by atoms with van der Waals surface area (Å²) in [5.41, 5.74) is -0.0906. The molecule has 146 valence electrons. The molecule has 0 saturated heterocycles. The fraction of sp³-hybridized carbons (Fsp3) is 0.842. The fourth-order valence-electron chi connectivity index (χ4n) is 5.62. The van der Waals surface area contributed by atoms with Gasteiger partial charge in [0, 0.05) is 5.54 Å². The molecule has 7 heteroatoms. The molecule has 0 heterocycles. The number of hydrogen-bond donors (Lipinski definition) is 2. The molecule has 4 bridgehead atoms. The minimum atomic E-state index is -0.688. The summed E-state index contributed by atoms with van der Waals surface area (Å²) in [6.07, 6.45) is 9.32.